The van der Waals surface area contributed by atoms with Crippen LogP contribution in [0.3, 0.4) is 0 Å². The highest BCUT2D eigenvalue weighted by Gasteiger charge is 2.28. The number of amides is 2. The van der Waals surface area contributed by atoms with Gasteiger partial charge in [0.05, 0.1) is 36.6 Å². The van der Waals surface area contributed by atoms with E-state index in [9.17, 15) is 27.9 Å². The molecule has 0 radical (unpaired) electrons. The minimum Gasteiger partial charge on any atom is -0.493 e. The molecule has 32 heavy (non-hydrogen) atoms. The van der Waals surface area contributed by atoms with Gasteiger partial charge in [0.15, 0.2) is 11.5 Å². The molecule has 1 aromatic heterocycles. The van der Waals surface area contributed by atoms with Gasteiger partial charge < -0.3 is 25.2 Å². The van der Waals surface area contributed by atoms with Gasteiger partial charge in [-0.15, -0.1) is 11.3 Å². The van der Waals surface area contributed by atoms with E-state index in [2.05, 4.69) is 10.6 Å². The average molecular weight is 485 g/mol. The van der Waals surface area contributed by atoms with E-state index < -0.39 is 39.4 Å². The molecule has 1 unspecified atom stereocenters. The number of hydrogen-bond acceptors (Lipinski definition) is 8. The largest absolute Gasteiger partial charge is 0.493 e. The van der Waals surface area contributed by atoms with E-state index in [4.69, 9.17) is 9.47 Å². The first kappa shape index (κ1) is 25.1. The van der Waals surface area contributed by atoms with E-state index in [1.54, 1.807) is 25.1 Å². The number of benzene rings is 1. The minimum absolute atomic E-state index is 0.0511. The number of thiophene rings is 1. The number of aromatic carboxylic acids is 1. The first-order valence-electron chi connectivity index (χ1n) is 9.38. The van der Waals surface area contributed by atoms with Crippen molar-refractivity contribution < 1.29 is 37.4 Å². The number of ether oxygens (including phenoxy) is 2. The van der Waals surface area contributed by atoms with Crippen molar-refractivity contribution in [3.05, 3.63) is 40.3 Å². The first-order chi connectivity index (χ1) is 15.0. The van der Waals surface area contributed by atoms with Crippen LogP contribution in [-0.4, -0.2) is 57.0 Å². The highest BCUT2D eigenvalue weighted by molar-refractivity contribution is 7.90. The summed E-state index contributed by atoms with van der Waals surface area (Å²) >= 11 is 0.883. The van der Waals surface area contributed by atoms with E-state index in [1.807, 2.05) is 0 Å². The summed E-state index contributed by atoms with van der Waals surface area (Å²) in [5, 5.41) is 15.7. The number of sulfone groups is 1. The van der Waals surface area contributed by atoms with Gasteiger partial charge in [-0.05, 0) is 24.6 Å². The van der Waals surface area contributed by atoms with Crippen molar-refractivity contribution in [2.75, 3.05) is 31.0 Å². The maximum atomic E-state index is 13.1. The molecule has 0 saturated heterocycles. The highest BCUT2D eigenvalue weighted by atomic mass is 32.2. The molecule has 0 bridgehead atoms. The van der Waals surface area contributed by atoms with E-state index in [0.29, 0.717) is 23.7 Å². The lowest BCUT2D eigenvalue weighted by atomic mass is 10.1. The molecule has 0 aliphatic rings. The van der Waals surface area contributed by atoms with Gasteiger partial charge in [0.1, 0.15) is 14.8 Å². The predicted octanol–water partition coefficient (Wildman–Crippen LogP) is 2.33. The van der Waals surface area contributed by atoms with Crippen LogP contribution < -0.4 is 20.1 Å². The Morgan fingerprint density at radius 3 is 2.44 bits per heavy atom. The molecule has 0 aliphatic heterocycles. The van der Waals surface area contributed by atoms with Crippen molar-refractivity contribution >= 4 is 44.0 Å². The Morgan fingerprint density at radius 1 is 1.22 bits per heavy atom. The standard InChI is InChI=1S/C20H24N2O8S2/c1-5-30-16-8-12(6-7-15(16)29-3)14(10-32(4,27)28)22-18(24)17-13(20(25)26)9-31-19(17)21-11(2)23/h6-9,14H,5,10H2,1-4H3,(H,21,23)(H,22,24)(H,25,26). The Morgan fingerprint density at radius 2 is 1.91 bits per heavy atom. The lowest BCUT2D eigenvalue weighted by molar-refractivity contribution is -0.114. The minimum atomic E-state index is -3.55. The van der Waals surface area contributed by atoms with Crippen LogP contribution in [0.15, 0.2) is 23.6 Å². The second-order valence-corrected chi connectivity index (χ2v) is 9.87. The van der Waals surface area contributed by atoms with Gasteiger partial charge >= 0.3 is 5.97 Å². The molecule has 2 amide bonds. The normalized spacial score (nSPS) is 12.0. The molecule has 3 N–H and O–H groups in total. The van der Waals surface area contributed by atoms with Gasteiger partial charge in [-0.3, -0.25) is 9.59 Å². The van der Waals surface area contributed by atoms with Crippen molar-refractivity contribution in [1.82, 2.24) is 5.32 Å². The van der Waals surface area contributed by atoms with Crippen LogP contribution in [0, 0.1) is 0 Å². The molecule has 0 spiro atoms. The Kier molecular flexibility index (Phi) is 8.22. The maximum Gasteiger partial charge on any atom is 0.337 e. The summed E-state index contributed by atoms with van der Waals surface area (Å²) in [4.78, 5) is 36.1. The summed E-state index contributed by atoms with van der Waals surface area (Å²) in [6, 6.07) is 3.70. The van der Waals surface area contributed by atoms with Crippen molar-refractivity contribution in [1.29, 1.82) is 0 Å². The molecule has 2 rings (SSSR count). The molecule has 1 atom stereocenters. The zero-order chi connectivity index (χ0) is 24.1. The van der Waals surface area contributed by atoms with E-state index in [1.165, 1.54) is 19.4 Å². The zero-order valence-corrected chi connectivity index (χ0v) is 19.6. The summed E-state index contributed by atoms with van der Waals surface area (Å²) in [5.74, 6) is -2.33. The van der Waals surface area contributed by atoms with Crippen molar-refractivity contribution in [3.63, 3.8) is 0 Å². The molecule has 174 valence electrons. The Bertz CT molecular complexity index is 1120. The number of carboxylic acid groups (broad SMARTS) is 1. The number of carboxylic acids is 1. The fourth-order valence-electron chi connectivity index (χ4n) is 2.93. The Balaban J connectivity index is 2.50. The fraction of sp³-hybridized carbons (Fsp3) is 0.350. The van der Waals surface area contributed by atoms with Crippen LogP contribution in [0.1, 0.15) is 46.2 Å². The third kappa shape index (κ3) is 6.44. The summed E-state index contributed by atoms with van der Waals surface area (Å²) in [6.07, 6.45) is 1.02. The van der Waals surface area contributed by atoms with Gasteiger partial charge in [0.25, 0.3) is 5.91 Å². The molecule has 1 aromatic carbocycles. The SMILES string of the molecule is CCOc1cc(C(CS(C)(=O)=O)NC(=O)c2c(C(=O)O)csc2NC(C)=O)ccc1OC. The number of hydrogen-bond donors (Lipinski definition) is 3. The van der Waals surface area contributed by atoms with Gasteiger partial charge in [-0.1, -0.05) is 6.07 Å². The molecule has 0 saturated carbocycles. The molecule has 1 heterocycles. The van der Waals surface area contributed by atoms with Crippen molar-refractivity contribution in [2.24, 2.45) is 0 Å². The quantitative estimate of drug-likeness (QED) is 0.465. The van der Waals surface area contributed by atoms with E-state index in [0.717, 1.165) is 17.6 Å². The second-order valence-electron chi connectivity index (χ2n) is 6.80. The third-order valence-electron chi connectivity index (χ3n) is 4.20. The highest BCUT2D eigenvalue weighted by Crippen LogP contribution is 2.32. The molecular formula is C20H24N2O8S2. The molecule has 0 fully saturated rings. The van der Waals surface area contributed by atoms with Crippen LogP contribution in [-0.2, 0) is 14.6 Å². The molecule has 0 aliphatic carbocycles. The lowest BCUT2D eigenvalue weighted by Crippen LogP contribution is -2.34. The summed E-state index contributed by atoms with van der Waals surface area (Å²) < 4.78 is 34.9. The molecule has 12 heteroatoms. The van der Waals surface area contributed by atoms with Gasteiger partial charge in [0.2, 0.25) is 5.91 Å². The van der Waals surface area contributed by atoms with E-state index in [-0.39, 0.29) is 16.1 Å². The molecule has 10 nitrogen and oxygen atoms in total. The van der Waals surface area contributed by atoms with Crippen molar-refractivity contribution in [2.45, 2.75) is 19.9 Å². The second kappa shape index (κ2) is 10.5. The van der Waals surface area contributed by atoms with Gasteiger partial charge in [-0.2, -0.15) is 0 Å². The summed E-state index contributed by atoms with van der Waals surface area (Å²) in [7, 11) is -2.09. The Labute approximate surface area is 189 Å². The predicted molar refractivity (Wildman–Crippen MR) is 120 cm³/mol. The van der Waals surface area contributed by atoms with Gasteiger partial charge in [0, 0.05) is 18.6 Å². The topological polar surface area (TPSA) is 148 Å². The van der Waals surface area contributed by atoms with Crippen LogP contribution in [0.5, 0.6) is 11.5 Å². The van der Waals surface area contributed by atoms with Crippen LogP contribution in [0.25, 0.3) is 0 Å². The van der Waals surface area contributed by atoms with Gasteiger partial charge in [-0.25, -0.2) is 13.2 Å². The van der Waals surface area contributed by atoms with Crippen LogP contribution in [0.4, 0.5) is 5.00 Å². The first-order valence-corrected chi connectivity index (χ1v) is 12.3. The number of carbonyl (C=O) groups excluding carboxylic acids is 2. The number of nitrogens with one attached hydrogen (secondary N) is 2. The summed E-state index contributed by atoms with van der Waals surface area (Å²) in [6.45, 7) is 3.33. The number of anilines is 1. The molecule has 2 aromatic rings. The van der Waals surface area contributed by atoms with Crippen LogP contribution >= 0.6 is 11.3 Å². The maximum absolute atomic E-state index is 13.1. The van der Waals surface area contributed by atoms with Crippen LogP contribution in [0.2, 0.25) is 0 Å². The van der Waals surface area contributed by atoms with Crippen molar-refractivity contribution in [3.8, 4) is 11.5 Å². The number of rotatable bonds is 10. The average Bonchev–Trinajstić information content (AvgIpc) is 3.10. The zero-order valence-electron chi connectivity index (χ0n) is 17.9. The number of methoxy groups -OCH3 is 1. The third-order valence-corrected chi connectivity index (χ3v) is 6.04. The summed E-state index contributed by atoms with van der Waals surface area (Å²) in [5.41, 5.74) is -0.143. The number of carbonyl (C=O) groups is 3. The fourth-order valence-corrected chi connectivity index (χ4v) is 4.78. The smallest absolute Gasteiger partial charge is 0.337 e. The Hall–Kier alpha value is -3.12. The molecular weight excluding hydrogens is 460 g/mol. The lowest BCUT2D eigenvalue weighted by Gasteiger charge is -2.20. The van der Waals surface area contributed by atoms with E-state index >= 15 is 0 Å². The monoisotopic (exact) mass is 484 g/mol.